The van der Waals surface area contributed by atoms with E-state index < -0.39 is 10.0 Å². The van der Waals surface area contributed by atoms with E-state index in [1.54, 1.807) is 47.5 Å². The van der Waals surface area contributed by atoms with E-state index in [4.69, 9.17) is 0 Å². The van der Waals surface area contributed by atoms with E-state index in [1.165, 1.54) is 19.3 Å². The number of likely N-dealkylation sites (N-methyl/N-ethyl adjacent to an activating group) is 1. The fourth-order valence-electron chi connectivity index (χ4n) is 3.58. The second kappa shape index (κ2) is 8.48. The molecule has 3 aromatic rings. The predicted octanol–water partition coefficient (Wildman–Crippen LogP) is 1.30. The SMILES string of the molecule is CN(CC(=O)N1CCN(c2ccc(O)cn2)CC1)S(=O)(=O)c1cccc2cccnc12. The van der Waals surface area contributed by atoms with Gasteiger partial charge in [0.15, 0.2) is 0 Å². The maximum Gasteiger partial charge on any atom is 0.245 e. The van der Waals surface area contributed by atoms with Crippen LogP contribution in [0.15, 0.2) is 59.8 Å². The Labute approximate surface area is 180 Å². The zero-order chi connectivity index (χ0) is 22.0. The molecule has 9 nitrogen and oxygen atoms in total. The number of para-hydroxylation sites is 1. The number of carbonyl (C=O) groups is 1. The van der Waals surface area contributed by atoms with Gasteiger partial charge in [0, 0.05) is 44.8 Å². The highest BCUT2D eigenvalue weighted by atomic mass is 32.2. The molecule has 10 heteroatoms. The van der Waals surface area contributed by atoms with Crippen LogP contribution in [-0.2, 0) is 14.8 Å². The number of aromatic nitrogens is 2. The molecule has 31 heavy (non-hydrogen) atoms. The summed E-state index contributed by atoms with van der Waals surface area (Å²) in [5.74, 6) is 0.578. The molecule has 0 bridgehead atoms. The first-order valence-corrected chi connectivity index (χ1v) is 11.3. The van der Waals surface area contributed by atoms with Crippen LogP contribution in [0.3, 0.4) is 0 Å². The van der Waals surface area contributed by atoms with E-state index in [0.29, 0.717) is 31.7 Å². The lowest BCUT2D eigenvalue weighted by Crippen LogP contribution is -2.51. The summed E-state index contributed by atoms with van der Waals surface area (Å²) >= 11 is 0. The number of pyridine rings is 2. The first-order valence-electron chi connectivity index (χ1n) is 9.84. The van der Waals surface area contributed by atoms with E-state index in [2.05, 4.69) is 9.97 Å². The van der Waals surface area contributed by atoms with Crippen molar-refractivity contribution in [3.63, 3.8) is 0 Å². The molecule has 0 saturated carbocycles. The van der Waals surface area contributed by atoms with Gasteiger partial charge in [0.1, 0.15) is 16.5 Å². The van der Waals surface area contributed by atoms with E-state index in [9.17, 15) is 18.3 Å². The summed E-state index contributed by atoms with van der Waals surface area (Å²) in [6.45, 7) is 1.83. The van der Waals surface area contributed by atoms with E-state index >= 15 is 0 Å². The van der Waals surface area contributed by atoms with Crippen molar-refractivity contribution in [2.24, 2.45) is 0 Å². The number of benzene rings is 1. The molecule has 1 amide bonds. The number of fused-ring (bicyclic) bond motifs is 1. The van der Waals surface area contributed by atoms with Crippen molar-refractivity contribution in [1.29, 1.82) is 0 Å². The number of carbonyl (C=O) groups excluding carboxylic acids is 1. The summed E-state index contributed by atoms with van der Waals surface area (Å²) in [4.78, 5) is 24.9. The fourth-order valence-corrected chi connectivity index (χ4v) is 4.86. The van der Waals surface area contributed by atoms with Crippen molar-refractivity contribution in [2.75, 3.05) is 44.7 Å². The molecule has 0 atom stereocenters. The zero-order valence-electron chi connectivity index (χ0n) is 17.0. The molecule has 4 rings (SSSR count). The Morgan fingerprint density at radius 3 is 2.52 bits per heavy atom. The van der Waals surface area contributed by atoms with E-state index in [0.717, 1.165) is 15.5 Å². The van der Waals surface area contributed by atoms with Crippen molar-refractivity contribution in [1.82, 2.24) is 19.2 Å². The number of hydrogen-bond acceptors (Lipinski definition) is 7. The third-order valence-electron chi connectivity index (χ3n) is 5.33. The third kappa shape index (κ3) is 4.30. The smallest absolute Gasteiger partial charge is 0.245 e. The molecule has 1 fully saturated rings. The minimum Gasteiger partial charge on any atom is -0.506 e. The average molecular weight is 442 g/mol. The molecule has 1 aromatic carbocycles. The summed E-state index contributed by atoms with van der Waals surface area (Å²) in [5.41, 5.74) is 0.388. The highest BCUT2D eigenvalue weighted by Gasteiger charge is 2.28. The third-order valence-corrected chi connectivity index (χ3v) is 7.17. The number of rotatable bonds is 5. The Kier molecular flexibility index (Phi) is 5.75. The van der Waals surface area contributed by atoms with E-state index in [1.807, 2.05) is 4.90 Å². The molecule has 1 aliphatic heterocycles. The predicted molar refractivity (Wildman–Crippen MR) is 116 cm³/mol. The van der Waals surface area contributed by atoms with Crippen molar-refractivity contribution in [3.8, 4) is 5.75 Å². The molecule has 0 spiro atoms. The molecule has 0 unspecified atom stereocenters. The summed E-state index contributed by atoms with van der Waals surface area (Å²) in [5, 5.41) is 10.1. The summed E-state index contributed by atoms with van der Waals surface area (Å²) in [6.07, 6.45) is 2.93. The molecule has 1 N–H and O–H groups in total. The van der Waals surface area contributed by atoms with Crippen LogP contribution >= 0.6 is 0 Å². The average Bonchev–Trinajstić information content (AvgIpc) is 2.79. The highest BCUT2D eigenvalue weighted by Crippen LogP contribution is 2.23. The minimum atomic E-state index is -3.88. The number of piperazine rings is 1. The van der Waals surface area contributed by atoms with Gasteiger partial charge in [-0.3, -0.25) is 9.78 Å². The van der Waals surface area contributed by atoms with Gasteiger partial charge in [0.05, 0.1) is 18.3 Å². The normalized spacial score (nSPS) is 14.9. The number of nitrogens with zero attached hydrogens (tertiary/aromatic N) is 5. The van der Waals surface area contributed by atoms with Crippen LogP contribution in [0.2, 0.25) is 0 Å². The van der Waals surface area contributed by atoms with Gasteiger partial charge in [-0.05, 0) is 24.3 Å². The second-order valence-electron chi connectivity index (χ2n) is 7.33. The van der Waals surface area contributed by atoms with Crippen molar-refractivity contribution in [3.05, 3.63) is 54.9 Å². The highest BCUT2D eigenvalue weighted by molar-refractivity contribution is 7.89. The number of amides is 1. The number of aromatic hydroxyl groups is 1. The van der Waals surface area contributed by atoms with Crippen LogP contribution in [0.25, 0.3) is 10.9 Å². The Morgan fingerprint density at radius 1 is 1.06 bits per heavy atom. The Morgan fingerprint density at radius 2 is 1.81 bits per heavy atom. The van der Waals surface area contributed by atoms with Crippen molar-refractivity contribution in [2.45, 2.75) is 4.90 Å². The summed E-state index contributed by atoms with van der Waals surface area (Å²) < 4.78 is 27.3. The molecule has 0 aliphatic carbocycles. The summed E-state index contributed by atoms with van der Waals surface area (Å²) in [6, 6.07) is 11.8. The van der Waals surface area contributed by atoms with Gasteiger partial charge in [-0.25, -0.2) is 13.4 Å². The minimum absolute atomic E-state index is 0.0872. The Bertz CT molecular complexity index is 1190. The summed E-state index contributed by atoms with van der Waals surface area (Å²) in [7, 11) is -2.47. The van der Waals surface area contributed by atoms with Gasteiger partial charge >= 0.3 is 0 Å². The van der Waals surface area contributed by atoms with Gasteiger partial charge in [-0.2, -0.15) is 4.31 Å². The monoisotopic (exact) mass is 441 g/mol. The van der Waals surface area contributed by atoms with Crippen LogP contribution in [0.5, 0.6) is 5.75 Å². The number of sulfonamides is 1. The number of hydrogen-bond donors (Lipinski definition) is 1. The van der Waals surface area contributed by atoms with Crippen LogP contribution in [-0.4, -0.2) is 78.4 Å². The molecular weight excluding hydrogens is 418 g/mol. The first kappa shape index (κ1) is 21.0. The molecule has 1 saturated heterocycles. The second-order valence-corrected chi connectivity index (χ2v) is 9.35. The Hall–Kier alpha value is -3.24. The lowest BCUT2D eigenvalue weighted by Gasteiger charge is -2.36. The lowest BCUT2D eigenvalue weighted by atomic mass is 10.2. The van der Waals surface area contributed by atoms with Crippen LogP contribution in [0.1, 0.15) is 0 Å². The van der Waals surface area contributed by atoms with Crippen LogP contribution < -0.4 is 4.90 Å². The van der Waals surface area contributed by atoms with Gasteiger partial charge in [0.2, 0.25) is 15.9 Å². The zero-order valence-corrected chi connectivity index (χ0v) is 17.9. The molecule has 1 aliphatic rings. The van der Waals surface area contributed by atoms with Gasteiger partial charge in [-0.1, -0.05) is 18.2 Å². The quantitative estimate of drug-likeness (QED) is 0.636. The standard InChI is InChI=1S/C21H23N5O4S/c1-24(31(29,30)18-6-2-4-16-5-3-9-22-21(16)18)15-20(28)26-12-10-25(11-13-26)19-8-7-17(27)14-23-19/h2-9,14,27H,10-13,15H2,1H3. The fraction of sp³-hybridized carbons (Fsp3) is 0.286. The lowest BCUT2D eigenvalue weighted by molar-refractivity contribution is -0.131. The number of anilines is 1. The first-order chi connectivity index (χ1) is 14.9. The van der Waals surface area contributed by atoms with Gasteiger partial charge < -0.3 is 14.9 Å². The van der Waals surface area contributed by atoms with Crippen molar-refractivity contribution < 1.29 is 18.3 Å². The molecule has 3 heterocycles. The molecule has 0 radical (unpaired) electrons. The molecule has 162 valence electrons. The van der Waals surface area contributed by atoms with Gasteiger partial charge in [0.25, 0.3) is 0 Å². The van der Waals surface area contributed by atoms with Gasteiger partial charge in [-0.15, -0.1) is 0 Å². The Balaban J connectivity index is 1.42. The van der Waals surface area contributed by atoms with Crippen molar-refractivity contribution >= 4 is 32.7 Å². The maximum absolute atomic E-state index is 13.1. The van der Waals surface area contributed by atoms with E-state index in [-0.39, 0.29) is 23.1 Å². The van der Waals surface area contributed by atoms with Crippen LogP contribution in [0, 0.1) is 0 Å². The topological polar surface area (TPSA) is 107 Å². The largest absolute Gasteiger partial charge is 0.506 e. The molecular formula is C21H23N5O4S. The van der Waals surface area contributed by atoms with Crippen LogP contribution in [0.4, 0.5) is 5.82 Å². The maximum atomic E-state index is 13.1. The molecule has 2 aromatic heterocycles.